The average molecular weight is 418 g/mol. The monoisotopic (exact) mass is 417 g/mol. The lowest BCUT2D eigenvalue weighted by molar-refractivity contribution is 0.105. The third-order valence-corrected chi connectivity index (χ3v) is 4.70. The maximum atomic E-state index is 10.1. The Morgan fingerprint density at radius 3 is 2.69 bits per heavy atom. The molecule has 1 atom stereocenters. The van der Waals surface area contributed by atoms with Crippen molar-refractivity contribution < 1.29 is 9.84 Å². The normalized spacial score (nSPS) is 11.9. The van der Waals surface area contributed by atoms with E-state index in [1.807, 2.05) is 36.0 Å². The molecule has 8 heteroatoms. The van der Waals surface area contributed by atoms with Gasteiger partial charge in [-0.15, -0.1) is 36.2 Å². The van der Waals surface area contributed by atoms with Crippen LogP contribution in [0, 0.1) is 0 Å². The molecule has 0 aliphatic heterocycles. The molecule has 0 radical (unpaired) electrons. The van der Waals surface area contributed by atoms with Gasteiger partial charge in [0.2, 0.25) is 0 Å². The minimum Gasteiger partial charge on any atom is -0.490 e. The van der Waals surface area contributed by atoms with Crippen LogP contribution in [0.25, 0.3) is 21.5 Å². The maximum absolute atomic E-state index is 10.1. The summed E-state index contributed by atoms with van der Waals surface area (Å²) >= 11 is 1.68. The summed E-state index contributed by atoms with van der Waals surface area (Å²) in [6.45, 7) is 4.86. The van der Waals surface area contributed by atoms with Crippen molar-refractivity contribution in [2.45, 2.75) is 26.0 Å². The van der Waals surface area contributed by atoms with Crippen LogP contribution >= 0.6 is 36.2 Å². The number of para-hydroxylation sites is 1. The van der Waals surface area contributed by atoms with Gasteiger partial charge in [0.1, 0.15) is 24.2 Å². The van der Waals surface area contributed by atoms with Crippen LogP contribution in [-0.2, 0) is 7.05 Å². The molecule has 2 N–H and O–H groups in total. The second-order valence-electron chi connectivity index (χ2n) is 6.13. The molecule has 0 saturated carbocycles. The summed E-state index contributed by atoms with van der Waals surface area (Å²) in [5.41, 5.74) is 2.99. The fraction of sp³-hybridized carbons (Fsp3) is 0.389. The van der Waals surface area contributed by atoms with Crippen molar-refractivity contribution in [1.29, 1.82) is 0 Å². The van der Waals surface area contributed by atoms with Gasteiger partial charge in [-0.1, -0.05) is 26.0 Å². The Hall–Kier alpha value is -1.31. The van der Waals surface area contributed by atoms with Crippen LogP contribution in [0.2, 0.25) is 0 Å². The SMILES string of the molecule is CC(C)NCC(O)COc1ccccc1-c1nn(C)c2ccsc12.Cl.Cl. The van der Waals surface area contributed by atoms with Crippen LogP contribution in [0.1, 0.15) is 13.8 Å². The van der Waals surface area contributed by atoms with Gasteiger partial charge in [-0.3, -0.25) is 4.68 Å². The molecule has 0 bridgehead atoms. The van der Waals surface area contributed by atoms with Gasteiger partial charge in [0, 0.05) is 25.2 Å². The van der Waals surface area contributed by atoms with E-state index in [2.05, 4.69) is 35.7 Å². The summed E-state index contributed by atoms with van der Waals surface area (Å²) in [7, 11) is 1.95. The van der Waals surface area contributed by atoms with Gasteiger partial charge in [0.05, 0.1) is 10.2 Å². The van der Waals surface area contributed by atoms with Gasteiger partial charge in [0.15, 0.2) is 0 Å². The van der Waals surface area contributed by atoms with Crippen LogP contribution < -0.4 is 10.1 Å². The second-order valence-corrected chi connectivity index (χ2v) is 7.05. The predicted octanol–water partition coefficient (Wildman–Crippen LogP) is 3.88. The van der Waals surface area contributed by atoms with E-state index in [0.29, 0.717) is 12.6 Å². The van der Waals surface area contributed by atoms with Gasteiger partial charge in [-0.25, -0.2) is 0 Å². The highest BCUT2D eigenvalue weighted by Gasteiger charge is 2.16. The molecule has 5 nitrogen and oxygen atoms in total. The van der Waals surface area contributed by atoms with E-state index in [1.54, 1.807) is 11.3 Å². The molecule has 0 fully saturated rings. The molecule has 2 aromatic heterocycles. The standard InChI is InChI=1S/C18H23N3O2S.2ClH/c1-12(2)19-10-13(22)11-23-16-7-5-4-6-14(16)17-18-15(8-9-24-18)21(3)20-17;;/h4-9,12-13,19,22H,10-11H2,1-3H3;2*1H. The summed E-state index contributed by atoms with van der Waals surface area (Å²) in [5, 5.41) is 20.0. The highest BCUT2D eigenvalue weighted by molar-refractivity contribution is 7.17. The molecule has 1 aromatic carbocycles. The zero-order chi connectivity index (χ0) is 17.1. The van der Waals surface area contributed by atoms with E-state index >= 15 is 0 Å². The van der Waals surface area contributed by atoms with E-state index in [1.165, 1.54) is 0 Å². The number of hydrogen-bond donors (Lipinski definition) is 2. The fourth-order valence-corrected chi connectivity index (χ4v) is 3.48. The summed E-state index contributed by atoms with van der Waals surface area (Å²) in [6, 6.07) is 10.3. The Morgan fingerprint density at radius 1 is 1.23 bits per heavy atom. The van der Waals surface area contributed by atoms with Crippen molar-refractivity contribution >= 4 is 46.4 Å². The Bertz CT molecular complexity index is 820. The first-order valence-electron chi connectivity index (χ1n) is 8.10. The van der Waals surface area contributed by atoms with Gasteiger partial charge in [-0.05, 0) is 23.6 Å². The number of nitrogens with one attached hydrogen (secondary N) is 1. The van der Waals surface area contributed by atoms with Crippen molar-refractivity contribution in [3.05, 3.63) is 35.7 Å². The molecule has 0 aliphatic carbocycles. The molecule has 3 rings (SSSR count). The molecular formula is C18H25Cl2N3O2S. The van der Waals surface area contributed by atoms with Crippen LogP contribution in [0.5, 0.6) is 5.75 Å². The number of ether oxygens (including phenoxy) is 1. The lowest BCUT2D eigenvalue weighted by Crippen LogP contribution is -2.35. The van der Waals surface area contributed by atoms with E-state index < -0.39 is 6.10 Å². The van der Waals surface area contributed by atoms with Crippen LogP contribution in [0.4, 0.5) is 0 Å². The topological polar surface area (TPSA) is 59.3 Å². The Balaban J connectivity index is 0.00000169. The number of thiophene rings is 1. The third kappa shape index (κ3) is 5.11. The summed E-state index contributed by atoms with van der Waals surface area (Å²) in [6.07, 6.45) is -0.550. The second kappa shape index (κ2) is 10.1. The molecule has 3 aromatic rings. The number of hydrogen-bond acceptors (Lipinski definition) is 5. The van der Waals surface area contributed by atoms with Crippen LogP contribution in [-0.4, -0.2) is 40.2 Å². The molecule has 0 saturated heterocycles. The number of aliphatic hydroxyl groups excluding tert-OH is 1. The maximum Gasteiger partial charge on any atom is 0.128 e. The van der Waals surface area contributed by atoms with E-state index in [9.17, 15) is 5.11 Å². The fourth-order valence-electron chi connectivity index (χ4n) is 2.56. The third-order valence-electron chi connectivity index (χ3n) is 3.79. The highest BCUT2D eigenvalue weighted by Crippen LogP contribution is 2.36. The predicted molar refractivity (Wildman–Crippen MR) is 113 cm³/mol. The highest BCUT2D eigenvalue weighted by atomic mass is 35.5. The van der Waals surface area contributed by atoms with Crippen molar-refractivity contribution in [3.8, 4) is 17.0 Å². The number of aryl methyl sites for hydroxylation is 1. The van der Waals surface area contributed by atoms with Crippen molar-refractivity contribution in [2.24, 2.45) is 7.05 Å². The Morgan fingerprint density at radius 2 is 1.96 bits per heavy atom. The van der Waals surface area contributed by atoms with Crippen LogP contribution in [0.3, 0.4) is 0 Å². The lowest BCUT2D eigenvalue weighted by Gasteiger charge is -2.16. The molecule has 0 aliphatic rings. The van der Waals surface area contributed by atoms with E-state index in [-0.39, 0.29) is 31.4 Å². The molecule has 1 unspecified atom stereocenters. The summed E-state index contributed by atoms with van der Waals surface area (Å²) in [5.74, 6) is 0.745. The number of rotatable bonds is 7. The molecule has 26 heavy (non-hydrogen) atoms. The molecule has 0 amide bonds. The lowest BCUT2D eigenvalue weighted by atomic mass is 10.1. The quantitative estimate of drug-likeness (QED) is 0.612. The smallest absolute Gasteiger partial charge is 0.128 e. The number of aromatic nitrogens is 2. The minimum absolute atomic E-state index is 0. The largest absolute Gasteiger partial charge is 0.490 e. The Kier molecular flexibility index (Phi) is 8.86. The number of benzene rings is 1. The molecule has 0 spiro atoms. The van der Waals surface area contributed by atoms with Crippen LogP contribution in [0.15, 0.2) is 35.7 Å². The molecule has 144 valence electrons. The van der Waals surface area contributed by atoms with Crippen molar-refractivity contribution in [3.63, 3.8) is 0 Å². The number of aliphatic hydroxyl groups is 1. The minimum atomic E-state index is -0.550. The van der Waals surface area contributed by atoms with Crippen molar-refractivity contribution in [1.82, 2.24) is 15.1 Å². The zero-order valence-electron chi connectivity index (χ0n) is 15.0. The summed E-state index contributed by atoms with van der Waals surface area (Å²) in [4.78, 5) is 0. The first-order valence-corrected chi connectivity index (χ1v) is 8.98. The van der Waals surface area contributed by atoms with Gasteiger partial charge in [0.25, 0.3) is 0 Å². The first-order chi connectivity index (χ1) is 11.6. The zero-order valence-corrected chi connectivity index (χ0v) is 17.5. The van der Waals surface area contributed by atoms with Gasteiger partial charge < -0.3 is 15.2 Å². The molecular weight excluding hydrogens is 393 g/mol. The van der Waals surface area contributed by atoms with Gasteiger partial charge >= 0.3 is 0 Å². The van der Waals surface area contributed by atoms with Gasteiger partial charge in [-0.2, -0.15) is 5.10 Å². The van der Waals surface area contributed by atoms with E-state index in [0.717, 1.165) is 27.2 Å². The van der Waals surface area contributed by atoms with Crippen molar-refractivity contribution in [2.75, 3.05) is 13.2 Å². The number of halogens is 2. The number of nitrogens with zero attached hydrogens (tertiary/aromatic N) is 2. The summed E-state index contributed by atoms with van der Waals surface area (Å²) < 4.78 is 8.92. The average Bonchev–Trinajstić information content (AvgIpc) is 3.15. The molecule has 2 heterocycles. The van der Waals surface area contributed by atoms with E-state index in [4.69, 9.17) is 4.74 Å². The Labute approximate surface area is 170 Å². The first kappa shape index (κ1) is 22.7. The number of fused-ring (bicyclic) bond motifs is 1.